The molecule has 0 heterocycles. The molecule has 2 N–H and O–H groups in total. The van der Waals surface area contributed by atoms with Crippen molar-refractivity contribution in [2.45, 2.75) is 71.2 Å². The lowest BCUT2D eigenvalue weighted by Gasteiger charge is -2.33. The molecule has 0 aliphatic rings. The number of rotatable bonds is 9. The molecule has 0 spiro atoms. The molecule has 0 aliphatic carbocycles. The van der Waals surface area contributed by atoms with Crippen molar-refractivity contribution in [1.29, 1.82) is 0 Å². The van der Waals surface area contributed by atoms with Crippen LogP contribution in [-0.2, 0) is 16.0 Å². The molecule has 0 saturated heterocycles. The first-order valence-electron chi connectivity index (χ1n) is 9.51. The first kappa shape index (κ1) is 23.8. The highest BCUT2D eigenvalue weighted by Gasteiger charge is 2.38. The summed E-state index contributed by atoms with van der Waals surface area (Å²) in [5.74, 6) is 0.747. The number of amides is 1. The Labute approximate surface area is 168 Å². The third kappa shape index (κ3) is 7.76. The third-order valence-corrected chi connectivity index (χ3v) is 4.37. The number of alkyl carbamates (subject to hydrolysis) is 1. The van der Waals surface area contributed by atoms with Crippen LogP contribution in [0.1, 0.15) is 53.0 Å². The maximum atomic E-state index is 12.3. The molecular weight excluding hydrogens is 360 g/mol. The van der Waals surface area contributed by atoms with Crippen LogP contribution in [0.4, 0.5) is 4.79 Å². The number of hydrogen-bond donors (Lipinski definition) is 2. The SMILES string of the molecule is CCC[C@](C)(OC)[C@@H](C=[N+](O)Cc1ccc(OC)cc1)NC(=O)OC(C)(C)C. The highest BCUT2D eigenvalue weighted by molar-refractivity contribution is 5.74. The van der Waals surface area contributed by atoms with Crippen molar-refractivity contribution in [3.05, 3.63) is 29.8 Å². The molecular formula is C21H35N2O5+. The topological polar surface area (TPSA) is 80.0 Å². The van der Waals surface area contributed by atoms with Crippen LogP contribution in [-0.4, -0.2) is 53.7 Å². The van der Waals surface area contributed by atoms with E-state index in [-0.39, 0.29) is 6.54 Å². The van der Waals surface area contributed by atoms with Crippen LogP contribution in [0, 0.1) is 0 Å². The van der Waals surface area contributed by atoms with Gasteiger partial charge >= 0.3 is 6.09 Å². The molecule has 1 aromatic carbocycles. The van der Waals surface area contributed by atoms with Gasteiger partial charge in [-0.15, -0.1) is 0 Å². The van der Waals surface area contributed by atoms with E-state index >= 15 is 0 Å². The second kappa shape index (κ2) is 10.3. The number of nitrogens with zero attached hydrogens (tertiary/aromatic N) is 1. The molecule has 158 valence electrons. The molecule has 2 atom stereocenters. The zero-order chi connectivity index (χ0) is 21.4. The molecule has 1 rings (SSSR count). The lowest BCUT2D eigenvalue weighted by atomic mass is 9.91. The average Bonchev–Trinajstić information content (AvgIpc) is 2.60. The first-order valence-corrected chi connectivity index (χ1v) is 9.51. The minimum atomic E-state index is -0.702. The van der Waals surface area contributed by atoms with Gasteiger partial charge in [-0.3, -0.25) is 5.21 Å². The Kier molecular flexibility index (Phi) is 8.75. The van der Waals surface area contributed by atoms with E-state index in [9.17, 15) is 10.0 Å². The summed E-state index contributed by atoms with van der Waals surface area (Å²) in [5, 5.41) is 13.3. The summed E-state index contributed by atoms with van der Waals surface area (Å²) < 4.78 is 17.3. The van der Waals surface area contributed by atoms with E-state index < -0.39 is 23.3 Å². The fourth-order valence-corrected chi connectivity index (χ4v) is 2.81. The molecule has 7 nitrogen and oxygen atoms in total. The summed E-state index contributed by atoms with van der Waals surface area (Å²) in [5.41, 5.74) is -0.428. The van der Waals surface area contributed by atoms with Crippen molar-refractivity contribution >= 4 is 12.3 Å². The van der Waals surface area contributed by atoms with Crippen molar-refractivity contribution < 1.29 is 29.0 Å². The number of methoxy groups -OCH3 is 2. The predicted octanol–water partition coefficient (Wildman–Crippen LogP) is 3.77. The molecule has 0 aromatic heterocycles. The van der Waals surface area contributed by atoms with Gasteiger partial charge in [0.15, 0.2) is 0 Å². The molecule has 0 saturated carbocycles. The van der Waals surface area contributed by atoms with Gasteiger partial charge in [0.25, 0.3) is 0 Å². The van der Waals surface area contributed by atoms with Crippen molar-refractivity contribution in [2.75, 3.05) is 14.2 Å². The number of benzene rings is 1. The quantitative estimate of drug-likeness (QED) is 0.288. The molecule has 1 aromatic rings. The molecule has 0 fully saturated rings. The largest absolute Gasteiger partial charge is 0.497 e. The highest BCUT2D eigenvalue weighted by atomic mass is 16.6. The molecule has 0 unspecified atom stereocenters. The van der Waals surface area contributed by atoms with Crippen molar-refractivity contribution in [1.82, 2.24) is 5.32 Å². The average molecular weight is 396 g/mol. The van der Waals surface area contributed by atoms with Crippen LogP contribution >= 0.6 is 0 Å². The van der Waals surface area contributed by atoms with E-state index in [1.54, 1.807) is 41.2 Å². The summed E-state index contributed by atoms with van der Waals surface area (Å²) in [7, 11) is 3.20. The Hall–Kier alpha value is -2.28. The summed E-state index contributed by atoms with van der Waals surface area (Å²) in [4.78, 5) is 12.3. The lowest BCUT2D eigenvalue weighted by Crippen LogP contribution is -2.55. The molecule has 28 heavy (non-hydrogen) atoms. The fourth-order valence-electron chi connectivity index (χ4n) is 2.81. The van der Waals surface area contributed by atoms with E-state index in [0.29, 0.717) is 6.42 Å². The zero-order valence-electron chi connectivity index (χ0n) is 18.1. The number of carbonyl (C=O) groups excluding carboxylic acids is 1. The smallest absolute Gasteiger partial charge is 0.408 e. The normalized spacial score (nSPS) is 15.5. The van der Waals surface area contributed by atoms with Gasteiger partial charge in [-0.05, 0) is 63.1 Å². The van der Waals surface area contributed by atoms with Crippen LogP contribution in [0.2, 0.25) is 0 Å². The van der Waals surface area contributed by atoms with E-state index in [2.05, 4.69) is 5.32 Å². The monoisotopic (exact) mass is 395 g/mol. The standard InChI is InChI=1S/C21H34N2O5/c1-8-13-21(5,27-7)18(22-19(24)28-20(2,3)4)15-23(25)14-16-9-11-17(26-6)12-10-16/h9-12,15,18H,8,13-14H2,1-7H3,(H-,22,24,25)/p+1/t18-,21+/m1/s1. The second-order valence-electron chi connectivity index (χ2n) is 7.99. The van der Waals surface area contributed by atoms with Crippen molar-refractivity contribution in [2.24, 2.45) is 0 Å². The number of hydroxylamine groups is 1. The van der Waals surface area contributed by atoms with E-state index in [0.717, 1.165) is 22.5 Å². The van der Waals surface area contributed by atoms with Gasteiger partial charge in [-0.1, -0.05) is 13.3 Å². The summed E-state index contributed by atoms with van der Waals surface area (Å²) in [6, 6.07) is 6.81. The molecule has 7 heteroatoms. The summed E-state index contributed by atoms with van der Waals surface area (Å²) >= 11 is 0. The van der Waals surface area contributed by atoms with Gasteiger partial charge in [0, 0.05) is 12.7 Å². The number of nitrogens with one attached hydrogen (secondary N) is 1. The minimum Gasteiger partial charge on any atom is -0.497 e. The summed E-state index contributed by atoms with van der Waals surface area (Å²) in [6.07, 6.45) is 2.53. The first-order chi connectivity index (χ1) is 13.0. The van der Waals surface area contributed by atoms with Crippen LogP contribution < -0.4 is 10.1 Å². The number of hydrogen-bond acceptors (Lipinski definition) is 5. The Morgan fingerprint density at radius 3 is 2.29 bits per heavy atom. The Morgan fingerprint density at radius 2 is 1.82 bits per heavy atom. The fraction of sp³-hybridized carbons (Fsp3) is 0.619. The van der Waals surface area contributed by atoms with E-state index in [1.807, 2.05) is 38.1 Å². The van der Waals surface area contributed by atoms with Crippen LogP contribution in [0.5, 0.6) is 5.75 Å². The maximum Gasteiger partial charge on any atom is 0.408 e. The van der Waals surface area contributed by atoms with Crippen LogP contribution in [0.25, 0.3) is 0 Å². The molecule has 0 bridgehead atoms. The van der Waals surface area contributed by atoms with Gasteiger partial charge in [0.2, 0.25) is 12.8 Å². The van der Waals surface area contributed by atoms with Crippen LogP contribution in [0.3, 0.4) is 0 Å². The predicted molar refractivity (Wildman–Crippen MR) is 108 cm³/mol. The second-order valence-corrected chi connectivity index (χ2v) is 7.99. The molecule has 0 radical (unpaired) electrons. The van der Waals surface area contributed by atoms with E-state index in [4.69, 9.17) is 14.2 Å². The van der Waals surface area contributed by atoms with Crippen LogP contribution in [0.15, 0.2) is 24.3 Å². The Balaban J connectivity index is 3.04. The van der Waals surface area contributed by atoms with Crippen molar-refractivity contribution in [3.8, 4) is 5.75 Å². The van der Waals surface area contributed by atoms with Gasteiger partial charge in [-0.25, -0.2) is 4.79 Å². The zero-order valence-corrected chi connectivity index (χ0v) is 18.1. The lowest BCUT2D eigenvalue weighted by molar-refractivity contribution is -0.784. The van der Waals surface area contributed by atoms with Gasteiger partial charge in [-0.2, -0.15) is 0 Å². The Morgan fingerprint density at radius 1 is 1.21 bits per heavy atom. The van der Waals surface area contributed by atoms with Gasteiger partial charge in [0.1, 0.15) is 17.4 Å². The maximum absolute atomic E-state index is 12.3. The highest BCUT2D eigenvalue weighted by Crippen LogP contribution is 2.21. The third-order valence-electron chi connectivity index (χ3n) is 4.37. The molecule has 1 amide bonds. The van der Waals surface area contributed by atoms with Gasteiger partial charge < -0.3 is 19.5 Å². The Bertz CT molecular complexity index is 652. The number of ether oxygens (including phenoxy) is 3. The van der Waals surface area contributed by atoms with E-state index in [1.165, 1.54) is 0 Å². The molecule has 0 aliphatic heterocycles. The minimum absolute atomic E-state index is 0.252. The van der Waals surface area contributed by atoms with Crippen molar-refractivity contribution in [3.63, 3.8) is 0 Å². The number of carbonyl (C=O) groups is 1. The summed E-state index contributed by atoms with van der Waals surface area (Å²) in [6.45, 7) is 9.59. The van der Waals surface area contributed by atoms with Gasteiger partial charge in [0.05, 0.1) is 12.7 Å².